The summed E-state index contributed by atoms with van der Waals surface area (Å²) in [5, 5.41) is 3.49. The van der Waals surface area contributed by atoms with E-state index in [1.165, 1.54) is 5.56 Å². The Hall–Kier alpha value is -1.32. The summed E-state index contributed by atoms with van der Waals surface area (Å²) in [7, 11) is 0. The van der Waals surface area contributed by atoms with Crippen LogP contribution in [-0.2, 0) is 6.61 Å². The van der Waals surface area contributed by atoms with Crippen LogP contribution in [-0.4, -0.2) is 6.54 Å². The van der Waals surface area contributed by atoms with Crippen LogP contribution in [0.4, 0.5) is 0 Å². The van der Waals surface area contributed by atoms with Crippen molar-refractivity contribution in [2.75, 3.05) is 6.54 Å². The van der Waals surface area contributed by atoms with E-state index in [0.29, 0.717) is 12.6 Å². The highest BCUT2D eigenvalue weighted by Gasteiger charge is 2.05. The fraction of sp³-hybridized carbons (Fsp3) is 0.333. The van der Waals surface area contributed by atoms with Gasteiger partial charge in [-0.3, -0.25) is 0 Å². The quantitative estimate of drug-likeness (QED) is 0.753. The molecule has 2 aromatic carbocycles. The molecule has 0 aliphatic heterocycles. The highest BCUT2D eigenvalue weighted by Crippen LogP contribution is 2.21. The molecule has 21 heavy (non-hydrogen) atoms. The van der Waals surface area contributed by atoms with Crippen molar-refractivity contribution in [2.24, 2.45) is 0 Å². The van der Waals surface area contributed by atoms with Gasteiger partial charge >= 0.3 is 0 Å². The molecular weight excluding hydrogens is 326 g/mol. The number of hydrogen-bond acceptors (Lipinski definition) is 2. The lowest BCUT2D eigenvalue weighted by atomic mass is 10.1. The zero-order valence-corrected chi connectivity index (χ0v) is 14.2. The Morgan fingerprint density at radius 1 is 1.10 bits per heavy atom. The highest BCUT2D eigenvalue weighted by atomic mass is 79.9. The number of hydrogen-bond donors (Lipinski definition) is 1. The Balaban J connectivity index is 1.92. The van der Waals surface area contributed by atoms with Crippen molar-refractivity contribution in [1.82, 2.24) is 5.32 Å². The van der Waals surface area contributed by atoms with Gasteiger partial charge in [0.05, 0.1) is 0 Å². The van der Waals surface area contributed by atoms with Crippen molar-refractivity contribution in [2.45, 2.75) is 32.9 Å². The molecule has 3 heteroatoms. The third-order valence-electron chi connectivity index (χ3n) is 3.43. The number of benzene rings is 2. The summed E-state index contributed by atoms with van der Waals surface area (Å²) in [5.41, 5.74) is 2.44. The van der Waals surface area contributed by atoms with Gasteiger partial charge in [0.15, 0.2) is 0 Å². The van der Waals surface area contributed by atoms with Crippen molar-refractivity contribution in [1.29, 1.82) is 0 Å². The lowest BCUT2D eigenvalue weighted by Crippen LogP contribution is -2.19. The average molecular weight is 348 g/mol. The maximum atomic E-state index is 5.84. The van der Waals surface area contributed by atoms with Crippen LogP contribution in [0.5, 0.6) is 5.75 Å². The van der Waals surface area contributed by atoms with Gasteiger partial charge in [0.2, 0.25) is 0 Å². The minimum absolute atomic E-state index is 0.377. The summed E-state index contributed by atoms with van der Waals surface area (Å²) in [6.45, 7) is 5.98. The van der Waals surface area contributed by atoms with Gasteiger partial charge in [-0.25, -0.2) is 0 Å². The van der Waals surface area contributed by atoms with Crippen molar-refractivity contribution < 1.29 is 4.74 Å². The molecule has 1 atom stereocenters. The Morgan fingerprint density at radius 2 is 1.81 bits per heavy atom. The summed E-state index contributed by atoms with van der Waals surface area (Å²) in [5.74, 6) is 0.900. The van der Waals surface area contributed by atoms with Gasteiger partial charge in [0, 0.05) is 16.1 Å². The number of nitrogens with one attached hydrogen (secondary N) is 1. The van der Waals surface area contributed by atoms with E-state index in [4.69, 9.17) is 4.74 Å². The van der Waals surface area contributed by atoms with Crippen molar-refractivity contribution in [3.8, 4) is 5.75 Å². The Kier molecular flexibility index (Phi) is 6.27. The molecule has 112 valence electrons. The molecule has 1 unspecified atom stereocenters. The first-order valence-electron chi connectivity index (χ1n) is 7.40. The van der Waals surface area contributed by atoms with Crippen molar-refractivity contribution in [3.63, 3.8) is 0 Å². The fourth-order valence-electron chi connectivity index (χ4n) is 2.11. The standard InChI is InChI=1S/C18H22BrNO/c1-3-12-20-14(2)15-8-10-17(11-9-15)21-13-16-6-4-5-7-18(16)19/h4-11,14,20H,3,12-13H2,1-2H3. The highest BCUT2D eigenvalue weighted by molar-refractivity contribution is 9.10. The molecule has 0 bridgehead atoms. The average Bonchev–Trinajstić information content (AvgIpc) is 2.52. The molecule has 2 aromatic rings. The van der Waals surface area contributed by atoms with Gasteiger partial charge in [-0.1, -0.05) is 53.2 Å². The lowest BCUT2D eigenvalue weighted by molar-refractivity contribution is 0.305. The third kappa shape index (κ3) is 4.87. The summed E-state index contributed by atoms with van der Waals surface area (Å²) >= 11 is 3.54. The molecule has 1 N–H and O–H groups in total. The Labute approximate surface area is 135 Å². The molecule has 0 saturated carbocycles. The monoisotopic (exact) mass is 347 g/mol. The second-order valence-corrected chi connectivity index (χ2v) is 5.98. The van der Waals surface area contributed by atoms with Gasteiger partial charge in [-0.2, -0.15) is 0 Å². The second kappa shape index (κ2) is 8.20. The van der Waals surface area contributed by atoms with Crippen LogP contribution in [0.2, 0.25) is 0 Å². The molecule has 2 nitrogen and oxygen atoms in total. The third-order valence-corrected chi connectivity index (χ3v) is 4.21. The van der Waals surface area contributed by atoms with E-state index in [1.807, 2.05) is 30.3 Å². The van der Waals surface area contributed by atoms with Gasteiger partial charge in [-0.05, 0) is 43.7 Å². The van der Waals surface area contributed by atoms with Crippen LogP contribution < -0.4 is 10.1 Å². The van der Waals surface area contributed by atoms with Gasteiger partial charge < -0.3 is 10.1 Å². The molecule has 0 spiro atoms. The SMILES string of the molecule is CCCNC(C)c1ccc(OCc2ccccc2Br)cc1. The van der Waals surface area contributed by atoms with Gasteiger partial charge in [0.1, 0.15) is 12.4 Å². The van der Waals surface area contributed by atoms with Crippen molar-refractivity contribution in [3.05, 3.63) is 64.1 Å². The Bertz CT molecular complexity index is 553. The summed E-state index contributed by atoms with van der Waals surface area (Å²) in [4.78, 5) is 0. The smallest absolute Gasteiger partial charge is 0.119 e. The molecular formula is C18H22BrNO. The minimum atomic E-state index is 0.377. The topological polar surface area (TPSA) is 21.3 Å². The molecule has 0 radical (unpaired) electrons. The fourth-order valence-corrected chi connectivity index (χ4v) is 2.51. The van der Waals surface area contributed by atoms with E-state index in [1.54, 1.807) is 0 Å². The summed E-state index contributed by atoms with van der Waals surface area (Å²) < 4.78 is 6.92. The predicted octanol–water partition coefficient (Wildman–Crippen LogP) is 5.09. The number of ether oxygens (including phenoxy) is 1. The Morgan fingerprint density at radius 3 is 2.48 bits per heavy atom. The minimum Gasteiger partial charge on any atom is -0.489 e. The zero-order chi connectivity index (χ0) is 15.1. The normalized spacial score (nSPS) is 12.1. The molecule has 0 amide bonds. The molecule has 0 fully saturated rings. The first kappa shape index (κ1) is 16.1. The predicted molar refractivity (Wildman–Crippen MR) is 91.6 cm³/mol. The van der Waals surface area contributed by atoms with Gasteiger partial charge in [-0.15, -0.1) is 0 Å². The summed E-state index contributed by atoms with van der Waals surface area (Å²) in [6, 6.07) is 16.8. The molecule has 0 saturated heterocycles. The first-order chi connectivity index (χ1) is 10.2. The van der Waals surface area contributed by atoms with Gasteiger partial charge in [0.25, 0.3) is 0 Å². The molecule has 0 aromatic heterocycles. The van der Waals surface area contributed by atoms with Crippen LogP contribution in [0, 0.1) is 0 Å². The van der Waals surface area contributed by atoms with Crippen LogP contribution in [0.25, 0.3) is 0 Å². The maximum Gasteiger partial charge on any atom is 0.119 e. The molecule has 2 rings (SSSR count). The molecule has 0 heterocycles. The lowest BCUT2D eigenvalue weighted by Gasteiger charge is -2.14. The van der Waals surface area contributed by atoms with Crippen molar-refractivity contribution >= 4 is 15.9 Å². The summed E-state index contributed by atoms with van der Waals surface area (Å²) in [6.07, 6.45) is 1.15. The van der Waals surface area contributed by atoms with Crippen LogP contribution in [0.1, 0.15) is 37.4 Å². The molecule has 0 aliphatic rings. The van der Waals surface area contributed by atoms with E-state index in [0.717, 1.165) is 28.8 Å². The largest absolute Gasteiger partial charge is 0.489 e. The van der Waals surface area contributed by atoms with E-state index in [9.17, 15) is 0 Å². The maximum absolute atomic E-state index is 5.84. The molecule has 0 aliphatic carbocycles. The zero-order valence-electron chi connectivity index (χ0n) is 12.6. The van der Waals surface area contributed by atoms with Crippen LogP contribution in [0.3, 0.4) is 0 Å². The van der Waals surface area contributed by atoms with Crippen LogP contribution in [0.15, 0.2) is 53.0 Å². The number of rotatable bonds is 7. The van der Waals surface area contributed by atoms with E-state index in [2.05, 4.69) is 53.3 Å². The van der Waals surface area contributed by atoms with E-state index in [-0.39, 0.29) is 0 Å². The van der Waals surface area contributed by atoms with E-state index < -0.39 is 0 Å². The first-order valence-corrected chi connectivity index (χ1v) is 8.19. The number of halogens is 1. The second-order valence-electron chi connectivity index (χ2n) is 5.12. The van der Waals surface area contributed by atoms with E-state index >= 15 is 0 Å². The van der Waals surface area contributed by atoms with Crippen LogP contribution >= 0.6 is 15.9 Å².